The molecule has 20 heavy (non-hydrogen) atoms. The van der Waals surface area contributed by atoms with Crippen molar-refractivity contribution in [1.29, 1.82) is 0 Å². The lowest BCUT2D eigenvalue weighted by molar-refractivity contribution is -0.145. The van der Waals surface area contributed by atoms with Gasteiger partial charge in [-0.2, -0.15) is 0 Å². The standard InChI is InChI=1S/C12H17F2N3O3/c1-12(6-18,11(13)14)10(19)8-4-7-5-15-3-2-9(7)20-17-16-8/h3,6-9,11,16-17H,2,4-5H2,1H3. The topological polar surface area (TPSA) is 79.8 Å². The number of rotatable bonds is 4. The van der Waals surface area contributed by atoms with Crippen LogP contribution < -0.4 is 11.0 Å². The fourth-order valence-corrected chi connectivity index (χ4v) is 2.38. The lowest BCUT2D eigenvalue weighted by Gasteiger charge is -2.28. The van der Waals surface area contributed by atoms with Crippen LogP contribution in [0.5, 0.6) is 0 Å². The first-order valence-electron chi connectivity index (χ1n) is 6.42. The van der Waals surface area contributed by atoms with Gasteiger partial charge in [0.15, 0.2) is 5.78 Å². The highest BCUT2D eigenvalue weighted by molar-refractivity contribution is 6.01. The quantitative estimate of drug-likeness (QED) is 0.574. The summed E-state index contributed by atoms with van der Waals surface area (Å²) in [7, 11) is 0. The number of ketones is 1. The lowest BCUT2D eigenvalue weighted by atomic mass is 9.80. The molecule has 6 nitrogen and oxygen atoms in total. The fraction of sp³-hybridized carbons (Fsp3) is 0.750. The second-order valence-electron chi connectivity index (χ2n) is 5.30. The molecule has 1 fully saturated rings. The molecule has 4 atom stereocenters. The van der Waals surface area contributed by atoms with Gasteiger partial charge in [-0.05, 0) is 13.3 Å². The number of fused-ring (bicyclic) bond motifs is 1. The van der Waals surface area contributed by atoms with Crippen molar-refractivity contribution >= 4 is 18.3 Å². The minimum atomic E-state index is -3.04. The number of hydrogen-bond donors (Lipinski definition) is 2. The highest BCUT2D eigenvalue weighted by atomic mass is 19.3. The van der Waals surface area contributed by atoms with E-state index in [4.69, 9.17) is 4.84 Å². The number of hydrogen-bond acceptors (Lipinski definition) is 6. The fourth-order valence-electron chi connectivity index (χ4n) is 2.38. The number of aliphatic imine (C=N–C) groups is 1. The van der Waals surface area contributed by atoms with Gasteiger partial charge in [0.2, 0.25) is 0 Å². The van der Waals surface area contributed by atoms with Crippen molar-refractivity contribution in [2.75, 3.05) is 6.54 Å². The summed E-state index contributed by atoms with van der Waals surface area (Å²) >= 11 is 0. The molecule has 0 radical (unpaired) electrons. The Bertz CT molecular complexity index is 419. The normalized spacial score (nSPS) is 33.1. The molecule has 0 aromatic rings. The van der Waals surface area contributed by atoms with E-state index >= 15 is 0 Å². The number of carbonyl (C=O) groups is 2. The van der Waals surface area contributed by atoms with Crippen LogP contribution in [0.15, 0.2) is 4.99 Å². The molecule has 0 bridgehead atoms. The van der Waals surface area contributed by atoms with Crippen LogP contribution in [-0.4, -0.2) is 43.4 Å². The summed E-state index contributed by atoms with van der Waals surface area (Å²) in [4.78, 5) is 32.6. The zero-order valence-electron chi connectivity index (χ0n) is 11.0. The van der Waals surface area contributed by atoms with Crippen LogP contribution >= 0.6 is 0 Å². The largest absolute Gasteiger partial charge is 0.302 e. The van der Waals surface area contributed by atoms with Gasteiger partial charge < -0.3 is 4.79 Å². The Labute approximate surface area is 114 Å². The maximum atomic E-state index is 13.0. The Kier molecular flexibility index (Phi) is 4.56. The van der Waals surface area contributed by atoms with E-state index in [2.05, 4.69) is 16.0 Å². The number of alkyl halides is 2. The summed E-state index contributed by atoms with van der Waals surface area (Å²) in [6, 6.07) is -0.914. The van der Waals surface area contributed by atoms with Crippen LogP contribution in [0.2, 0.25) is 0 Å². The number of Topliss-reactive ketones (excluding diaryl/α,β-unsaturated/α-hetero) is 1. The van der Waals surface area contributed by atoms with Crippen molar-refractivity contribution in [3.8, 4) is 0 Å². The number of nitrogens with one attached hydrogen (secondary N) is 2. The van der Waals surface area contributed by atoms with Gasteiger partial charge in [-0.1, -0.05) is 0 Å². The van der Waals surface area contributed by atoms with Gasteiger partial charge in [0.1, 0.15) is 11.7 Å². The van der Waals surface area contributed by atoms with E-state index in [1.165, 1.54) is 0 Å². The molecule has 2 aliphatic rings. The molecule has 0 aromatic carbocycles. The van der Waals surface area contributed by atoms with Gasteiger partial charge in [-0.15, -0.1) is 5.59 Å². The minimum Gasteiger partial charge on any atom is -0.302 e. The second kappa shape index (κ2) is 6.02. The Hall–Kier alpha value is -1.25. The van der Waals surface area contributed by atoms with Crippen molar-refractivity contribution < 1.29 is 23.2 Å². The van der Waals surface area contributed by atoms with Crippen molar-refractivity contribution in [1.82, 2.24) is 11.0 Å². The van der Waals surface area contributed by atoms with Gasteiger partial charge in [-0.3, -0.25) is 14.6 Å². The van der Waals surface area contributed by atoms with E-state index in [1.807, 2.05) is 0 Å². The van der Waals surface area contributed by atoms with Gasteiger partial charge >= 0.3 is 0 Å². The van der Waals surface area contributed by atoms with E-state index in [9.17, 15) is 18.4 Å². The number of nitrogens with zero attached hydrogens (tertiary/aromatic N) is 1. The van der Waals surface area contributed by atoms with Gasteiger partial charge in [0.25, 0.3) is 6.43 Å². The minimum absolute atomic E-state index is 0.0178. The predicted molar refractivity (Wildman–Crippen MR) is 66.2 cm³/mol. The maximum absolute atomic E-state index is 13.0. The summed E-state index contributed by atoms with van der Waals surface area (Å²) in [5.74, 6) is -0.890. The van der Waals surface area contributed by atoms with Gasteiger partial charge in [-0.25, -0.2) is 14.2 Å². The van der Waals surface area contributed by atoms with E-state index in [1.54, 1.807) is 6.21 Å². The Balaban J connectivity index is 2.13. The molecule has 2 heterocycles. The number of aldehydes is 1. The average molecular weight is 289 g/mol. The zero-order chi connectivity index (χ0) is 14.8. The monoisotopic (exact) mass is 289 g/mol. The zero-order valence-corrected chi connectivity index (χ0v) is 11.0. The Morgan fingerprint density at radius 2 is 2.35 bits per heavy atom. The van der Waals surface area contributed by atoms with Crippen LogP contribution in [0.1, 0.15) is 19.8 Å². The molecule has 2 N–H and O–H groups in total. The van der Waals surface area contributed by atoms with Crippen molar-refractivity contribution in [3.05, 3.63) is 0 Å². The van der Waals surface area contributed by atoms with E-state index < -0.39 is 23.7 Å². The first-order valence-corrected chi connectivity index (χ1v) is 6.42. The second-order valence-corrected chi connectivity index (χ2v) is 5.30. The number of hydrazine groups is 1. The third-order valence-corrected chi connectivity index (χ3v) is 3.86. The first-order chi connectivity index (χ1) is 9.49. The average Bonchev–Trinajstić information content (AvgIpc) is 2.67. The molecule has 8 heteroatoms. The predicted octanol–water partition coefficient (Wildman–Crippen LogP) is 0.283. The molecule has 0 aliphatic carbocycles. The highest BCUT2D eigenvalue weighted by Crippen LogP contribution is 2.30. The van der Waals surface area contributed by atoms with Crippen LogP contribution in [0.3, 0.4) is 0 Å². The highest BCUT2D eigenvalue weighted by Gasteiger charge is 2.47. The van der Waals surface area contributed by atoms with E-state index in [0.29, 0.717) is 19.4 Å². The molecule has 2 aliphatic heterocycles. The SMILES string of the molecule is CC(C=O)(C(=O)C1CC2CN=CCC2ONN1)C(F)F. The van der Waals surface area contributed by atoms with Crippen molar-refractivity contribution in [2.45, 2.75) is 38.3 Å². The van der Waals surface area contributed by atoms with Crippen LogP contribution in [-0.2, 0) is 14.4 Å². The molecule has 4 unspecified atom stereocenters. The van der Waals surface area contributed by atoms with Crippen LogP contribution in [0.4, 0.5) is 8.78 Å². The van der Waals surface area contributed by atoms with E-state index in [-0.39, 0.29) is 18.3 Å². The summed E-state index contributed by atoms with van der Waals surface area (Å²) < 4.78 is 25.9. The third-order valence-electron chi connectivity index (χ3n) is 3.86. The molecular formula is C12H17F2N3O3. The van der Waals surface area contributed by atoms with Gasteiger partial charge in [0.05, 0.1) is 12.1 Å². The molecule has 112 valence electrons. The summed E-state index contributed by atoms with van der Waals surface area (Å²) in [6.45, 7) is 1.43. The van der Waals surface area contributed by atoms with Crippen LogP contribution in [0.25, 0.3) is 0 Å². The summed E-state index contributed by atoms with van der Waals surface area (Å²) in [5.41, 5.74) is 2.67. The lowest BCUT2D eigenvalue weighted by Crippen LogP contribution is -2.52. The summed E-state index contributed by atoms with van der Waals surface area (Å²) in [6.07, 6.45) is -0.557. The van der Waals surface area contributed by atoms with Gasteiger partial charge in [0, 0.05) is 25.1 Å². The van der Waals surface area contributed by atoms with Crippen molar-refractivity contribution in [2.24, 2.45) is 16.3 Å². The number of carbonyl (C=O) groups excluding carboxylic acids is 2. The number of halogens is 2. The molecular weight excluding hydrogens is 272 g/mol. The Morgan fingerprint density at radius 1 is 1.60 bits per heavy atom. The molecule has 0 spiro atoms. The maximum Gasteiger partial charge on any atom is 0.257 e. The molecule has 0 aromatic heterocycles. The summed E-state index contributed by atoms with van der Waals surface area (Å²) in [5, 5.41) is 0. The van der Waals surface area contributed by atoms with E-state index in [0.717, 1.165) is 6.92 Å². The first kappa shape index (κ1) is 15.1. The van der Waals surface area contributed by atoms with Crippen LogP contribution in [0, 0.1) is 11.3 Å². The molecule has 2 rings (SSSR count). The Morgan fingerprint density at radius 3 is 3.00 bits per heavy atom. The smallest absolute Gasteiger partial charge is 0.257 e. The molecule has 0 saturated carbocycles. The van der Waals surface area contributed by atoms with Crippen molar-refractivity contribution in [3.63, 3.8) is 0 Å². The molecule has 1 saturated heterocycles. The molecule has 0 amide bonds. The third kappa shape index (κ3) is 2.77.